The molecule has 1 saturated heterocycles. The number of piperazine rings is 1. The number of halogens is 2. The number of carbonyl (C=O) groups excluding carboxylic acids is 1. The lowest BCUT2D eigenvalue weighted by atomic mass is 10.2. The molecule has 3 rings (SSSR count). The number of hydrogen-bond acceptors (Lipinski definition) is 4. The fourth-order valence-corrected chi connectivity index (χ4v) is 2.82. The number of para-hydroxylation sites is 1. The third-order valence-electron chi connectivity index (χ3n) is 4.04. The summed E-state index contributed by atoms with van der Waals surface area (Å²) in [5, 5.41) is 1.15. The molecular weight excluding hydrogens is 347 g/mol. The van der Waals surface area contributed by atoms with Crippen molar-refractivity contribution >= 4 is 47.4 Å². The first-order chi connectivity index (χ1) is 10.6. The maximum absolute atomic E-state index is 12.0. The van der Waals surface area contributed by atoms with Crippen LogP contribution in [0.25, 0.3) is 10.9 Å². The van der Waals surface area contributed by atoms with Gasteiger partial charge in [-0.1, -0.05) is 18.2 Å². The smallest absolute Gasteiger partial charge is 0.224 e. The van der Waals surface area contributed by atoms with Crippen LogP contribution in [0, 0.1) is 0 Å². The van der Waals surface area contributed by atoms with E-state index in [4.69, 9.17) is 10.7 Å². The van der Waals surface area contributed by atoms with Crippen LogP contribution >= 0.6 is 24.8 Å². The average Bonchev–Trinajstić information content (AvgIpc) is 2.54. The predicted molar refractivity (Wildman–Crippen MR) is 103 cm³/mol. The van der Waals surface area contributed by atoms with Crippen molar-refractivity contribution in [1.29, 1.82) is 0 Å². The summed E-state index contributed by atoms with van der Waals surface area (Å²) in [6.45, 7) is 4.97. The van der Waals surface area contributed by atoms with Gasteiger partial charge >= 0.3 is 0 Å². The summed E-state index contributed by atoms with van der Waals surface area (Å²) in [4.78, 5) is 20.9. The van der Waals surface area contributed by atoms with Crippen LogP contribution in [0.15, 0.2) is 36.4 Å². The Balaban J connectivity index is 0.00000144. The van der Waals surface area contributed by atoms with E-state index in [9.17, 15) is 4.79 Å². The number of aromatic nitrogens is 1. The van der Waals surface area contributed by atoms with Crippen molar-refractivity contribution in [2.45, 2.75) is 19.4 Å². The van der Waals surface area contributed by atoms with Gasteiger partial charge in [-0.2, -0.15) is 0 Å². The van der Waals surface area contributed by atoms with Gasteiger partial charge in [-0.05, 0) is 25.1 Å². The fourth-order valence-electron chi connectivity index (χ4n) is 2.82. The monoisotopic (exact) mass is 370 g/mol. The Morgan fingerprint density at radius 3 is 2.46 bits per heavy atom. The summed E-state index contributed by atoms with van der Waals surface area (Å²) in [7, 11) is 0. The third kappa shape index (κ3) is 4.72. The van der Waals surface area contributed by atoms with Crippen molar-refractivity contribution < 1.29 is 4.79 Å². The number of pyridine rings is 1. The zero-order valence-electron chi connectivity index (χ0n) is 13.7. The minimum atomic E-state index is -0.0762. The van der Waals surface area contributed by atoms with Crippen LogP contribution < -0.4 is 10.6 Å². The molecule has 0 radical (unpaired) electrons. The first-order valence-corrected chi connectivity index (χ1v) is 7.77. The molecule has 1 aromatic carbocycles. The lowest BCUT2D eigenvalue weighted by Gasteiger charge is -2.35. The molecule has 0 aliphatic carbocycles. The second kappa shape index (κ2) is 9.06. The summed E-state index contributed by atoms with van der Waals surface area (Å²) < 4.78 is 0. The molecule has 1 unspecified atom stereocenters. The van der Waals surface area contributed by atoms with Gasteiger partial charge in [-0.25, -0.2) is 4.98 Å². The summed E-state index contributed by atoms with van der Waals surface area (Å²) in [5.74, 6) is 1.14. The van der Waals surface area contributed by atoms with Gasteiger partial charge in [0, 0.05) is 44.0 Å². The van der Waals surface area contributed by atoms with Crippen LogP contribution in [0.2, 0.25) is 0 Å². The molecule has 1 amide bonds. The molecule has 2 N–H and O–H groups in total. The number of hydrogen-bond donors (Lipinski definition) is 1. The van der Waals surface area contributed by atoms with Gasteiger partial charge in [0.25, 0.3) is 0 Å². The Bertz CT molecular complexity index is 672. The largest absolute Gasteiger partial charge is 0.353 e. The van der Waals surface area contributed by atoms with Crippen molar-refractivity contribution in [3.8, 4) is 0 Å². The van der Waals surface area contributed by atoms with E-state index < -0.39 is 0 Å². The van der Waals surface area contributed by atoms with Crippen molar-refractivity contribution in [3.63, 3.8) is 0 Å². The van der Waals surface area contributed by atoms with E-state index in [-0.39, 0.29) is 36.8 Å². The molecule has 1 aliphatic rings. The molecule has 132 valence electrons. The Labute approximate surface area is 155 Å². The molecule has 0 saturated carbocycles. The molecule has 2 aromatic rings. The highest BCUT2D eigenvalue weighted by atomic mass is 35.5. The number of anilines is 1. The zero-order valence-corrected chi connectivity index (χ0v) is 15.4. The normalized spacial score (nSPS) is 15.4. The second-order valence-electron chi connectivity index (χ2n) is 5.91. The molecule has 24 heavy (non-hydrogen) atoms. The molecule has 0 spiro atoms. The average molecular weight is 371 g/mol. The molecule has 5 nitrogen and oxygen atoms in total. The van der Waals surface area contributed by atoms with Crippen LogP contribution in [-0.4, -0.2) is 48.0 Å². The summed E-state index contributed by atoms with van der Waals surface area (Å²) in [6, 6.07) is 12.2. The molecule has 1 atom stereocenters. The van der Waals surface area contributed by atoms with Gasteiger partial charge < -0.3 is 15.5 Å². The number of nitrogens with zero attached hydrogens (tertiary/aromatic N) is 3. The Morgan fingerprint density at radius 2 is 1.79 bits per heavy atom. The molecule has 2 heterocycles. The van der Waals surface area contributed by atoms with Crippen LogP contribution in [0.3, 0.4) is 0 Å². The van der Waals surface area contributed by atoms with E-state index >= 15 is 0 Å². The molecule has 1 fully saturated rings. The molecule has 1 aliphatic heterocycles. The highest BCUT2D eigenvalue weighted by molar-refractivity contribution is 5.85. The standard InChI is InChI=1S/C17H22N4O.2ClH/c1-13(18)12-17(22)21-10-8-20(9-11-21)16-7-6-14-4-2-3-5-15(14)19-16;;/h2-7,13H,8-12,18H2,1H3;2*1H. The zero-order chi connectivity index (χ0) is 15.5. The number of rotatable bonds is 3. The van der Waals surface area contributed by atoms with Crippen molar-refractivity contribution in [2.75, 3.05) is 31.1 Å². The third-order valence-corrected chi connectivity index (χ3v) is 4.04. The summed E-state index contributed by atoms with van der Waals surface area (Å²) in [5.41, 5.74) is 6.71. The van der Waals surface area contributed by atoms with Crippen molar-refractivity contribution in [1.82, 2.24) is 9.88 Å². The van der Waals surface area contributed by atoms with E-state index in [0.717, 1.165) is 42.9 Å². The van der Waals surface area contributed by atoms with Gasteiger partial charge in [-0.3, -0.25) is 4.79 Å². The Hall–Kier alpha value is -1.56. The summed E-state index contributed by atoms with van der Waals surface area (Å²) in [6.07, 6.45) is 0.425. The first kappa shape index (κ1) is 20.5. The topological polar surface area (TPSA) is 62.5 Å². The van der Waals surface area contributed by atoms with Crippen LogP contribution in [0.4, 0.5) is 5.82 Å². The van der Waals surface area contributed by atoms with Crippen molar-refractivity contribution in [3.05, 3.63) is 36.4 Å². The van der Waals surface area contributed by atoms with E-state index in [2.05, 4.69) is 23.1 Å². The molecular formula is C17H24Cl2N4O. The first-order valence-electron chi connectivity index (χ1n) is 7.77. The lowest BCUT2D eigenvalue weighted by molar-refractivity contribution is -0.131. The van der Waals surface area contributed by atoms with Crippen LogP contribution in [-0.2, 0) is 4.79 Å². The van der Waals surface area contributed by atoms with Gasteiger partial charge in [0.05, 0.1) is 5.52 Å². The van der Waals surface area contributed by atoms with Crippen molar-refractivity contribution in [2.24, 2.45) is 5.73 Å². The number of fused-ring (bicyclic) bond motifs is 1. The van der Waals surface area contributed by atoms with Crippen LogP contribution in [0.1, 0.15) is 13.3 Å². The van der Waals surface area contributed by atoms with Gasteiger partial charge in [0.15, 0.2) is 0 Å². The highest BCUT2D eigenvalue weighted by Crippen LogP contribution is 2.19. The maximum Gasteiger partial charge on any atom is 0.224 e. The SMILES string of the molecule is CC(N)CC(=O)N1CCN(c2ccc3ccccc3n2)CC1.Cl.Cl. The number of carbonyl (C=O) groups is 1. The number of benzene rings is 1. The molecule has 7 heteroatoms. The quantitative estimate of drug-likeness (QED) is 0.901. The van der Waals surface area contributed by atoms with E-state index in [1.165, 1.54) is 0 Å². The van der Waals surface area contributed by atoms with E-state index in [1.807, 2.05) is 30.0 Å². The van der Waals surface area contributed by atoms with Gasteiger partial charge in [-0.15, -0.1) is 24.8 Å². The highest BCUT2D eigenvalue weighted by Gasteiger charge is 2.22. The fraction of sp³-hybridized carbons (Fsp3) is 0.412. The van der Waals surface area contributed by atoms with E-state index in [1.54, 1.807) is 0 Å². The Morgan fingerprint density at radius 1 is 1.12 bits per heavy atom. The number of amides is 1. The minimum absolute atomic E-state index is 0. The van der Waals surface area contributed by atoms with Crippen LogP contribution in [0.5, 0.6) is 0 Å². The Kier molecular flexibility index (Phi) is 7.73. The van der Waals surface area contributed by atoms with E-state index in [0.29, 0.717) is 6.42 Å². The second-order valence-corrected chi connectivity index (χ2v) is 5.91. The number of nitrogens with two attached hydrogens (primary N) is 1. The van der Waals surface area contributed by atoms with Gasteiger partial charge in [0.2, 0.25) is 5.91 Å². The summed E-state index contributed by atoms with van der Waals surface area (Å²) >= 11 is 0. The lowest BCUT2D eigenvalue weighted by Crippen LogP contribution is -2.49. The maximum atomic E-state index is 12.0. The van der Waals surface area contributed by atoms with Gasteiger partial charge in [0.1, 0.15) is 5.82 Å². The predicted octanol–water partition coefficient (Wildman–Crippen LogP) is 2.46. The minimum Gasteiger partial charge on any atom is -0.353 e. The molecule has 1 aromatic heterocycles. The molecule has 0 bridgehead atoms.